The first-order valence-corrected chi connectivity index (χ1v) is 14.7. The van der Waals surface area contributed by atoms with E-state index in [0.29, 0.717) is 23.0 Å². The molecule has 0 unspecified atom stereocenters. The Bertz CT molecular complexity index is 1650. The Morgan fingerprint density at radius 1 is 0.955 bits per heavy atom. The summed E-state index contributed by atoms with van der Waals surface area (Å²) in [5.41, 5.74) is 7.55. The highest BCUT2D eigenvalue weighted by Crippen LogP contribution is 2.27. The van der Waals surface area contributed by atoms with E-state index in [1.807, 2.05) is 37.3 Å². The Morgan fingerprint density at radius 3 is 2.45 bits per heavy atom. The molecule has 230 valence electrons. The molecule has 5 rings (SSSR count). The molecular weight excluding hydrogens is 556 g/mol. The van der Waals surface area contributed by atoms with E-state index in [-0.39, 0.29) is 29.2 Å². The quantitative estimate of drug-likeness (QED) is 0.245. The van der Waals surface area contributed by atoms with Gasteiger partial charge in [-0.25, -0.2) is 15.0 Å². The summed E-state index contributed by atoms with van der Waals surface area (Å²) in [4.78, 5) is 41.5. The second-order valence-corrected chi connectivity index (χ2v) is 12.1. The molecule has 1 fully saturated rings. The summed E-state index contributed by atoms with van der Waals surface area (Å²) in [5.74, 6) is 1.28. The predicted octanol–water partition coefficient (Wildman–Crippen LogP) is 3.77. The van der Waals surface area contributed by atoms with Crippen molar-refractivity contribution in [3.05, 3.63) is 83.1 Å². The standard InChI is InChI=1S/C32H40N10O2/c1-21-7-8-23(26(43)15-22-9-10-34-27(16-22)32(2,3)4)17-24(21)37-30-18-25(31(44)33-5)38-42(30)29-19-28(35-20-36-29)39-41-13-11-40(6)12-14-41/h7-10,16-20,37H,11-15H2,1-6H3,(H,33,44)(H,35,36,39). The lowest BCUT2D eigenvalue weighted by Crippen LogP contribution is -2.47. The summed E-state index contributed by atoms with van der Waals surface area (Å²) in [7, 11) is 3.66. The Kier molecular flexibility index (Phi) is 9.02. The van der Waals surface area contributed by atoms with Crippen LogP contribution in [0, 0.1) is 6.92 Å². The van der Waals surface area contributed by atoms with Crippen molar-refractivity contribution in [3.8, 4) is 5.82 Å². The van der Waals surface area contributed by atoms with E-state index in [0.717, 1.165) is 48.7 Å². The number of aromatic nitrogens is 5. The van der Waals surface area contributed by atoms with Gasteiger partial charge in [0, 0.05) is 80.3 Å². The highest BCUT2D eigenvalue weighted by Gasteiger charge is 2.20. The van der Waals surface area contributed by atoms with Crippen molar-refractivity contribution in [2.24, 2.45) is 0 Å². The van der Waals surface area contributed by atoms with Gasteiger partial charge in [0.2, 0.25) is 0 Å². The molecule has 1 saturated heterocycles. The summed E-state index contributed by atoms with van der Waals surface area (Å²) in [6.45, 7) is 11.9. The van der Waals surface area contributed by atoms with Crippen LogP contribution >= 0.6 is 0 Å². The van der Waals surface area contributed by atoms with Gasteiger partial charge < -0.3 is 21.0 Å². The molecule has 0 spiro atoms. The van der Waals surface area contributed by atoms with Crippen molar-refractivity contribution in [2.75, 3.05) is 51.0 Å². The number of benzene rings is 1. The van der Waals surface area contributed by atoms with E-state index in [9.17, 15) is 9.59 Å². The van der Waals surface area contributed by atoms with Gasteiger partial charge >= 0.3 is 0 Å². The molecule has 0 saturated carbocycles. The molecule has 1 aromatic carbocycles. The number of pyridine rings is 1. The highest BCUT2D eigenvalue weighted by atomic mass is 16.2. The van der Waals surface area contributed by atoms with Crippen molar-refractivity contribution in [3.63, 3.8) is 0 Å². The van der Waals surface area contributed by atoms with Crippen LogP contribution in [0.2, 0.25) is 0 Å². The van der Waals surface area contributed by atoms with E-state index in [2.05, 4.69) is 73.8 Å². The zero-order valence-corrected chi connectivity index (χ0v) is 26.2. The third-order valence-corrected chi connectivity index (χ3v) is 7.59. The van der Waals surface area contributed by atoms with Gasteiger partial charge in [-0.1, -0.05) is 32.9 Å². The highest BCUT2D eigenvalue weighted by molar-refractivity contribution is 5.98. The number of hydrogen-bond acceptors (Lipinski definition) is 10. The van der Waals surface area contributed by atoms with Crippen LogP contribution in [0.1, 0.15) is 58.4 Å². The number of likely N-dealkylation sites (N-methyl/N-ethyl adjacent to an activating group) is 1. The van der Waals surface area contributed by atoms with E-state index >= 15 is 0 Å². The van der Waals surface area contributed by atoms with Crippen LogP contribution in [-0.4, -0.2) is 86.6 Å². The van der Waals surface area contributed by atoms with Crippen LogP contribution in [-0.2, 0) is 11.8 Å². The first-order valence-electron chi connectivity index (χ1n) is 14.7. The molecule has 0 aliphatic carbocycles. The maximum absolute atomic E-state index is 13.4. The maximum Gasteiger partial charge on any atom is 0.271 e. The van der Waals surface area contributed by atoms with E-state index in [1.165, 1.54) is 6.33 Å². The van der Waals surface area contributed by atoms with Crippen LogP contribution in [0.5, 0.6) is 0 Å². The van der Waals surface area contributed by atoms with E-state index in [1.54, 1.807) is 30.1 Å². The summed E-state index contributed by atoms with van der Waals surface area (Å²) in [6, 6.07) is 12.9. The summed E-state index contributed by atoms with van der Waals surface area (Å²) in [5, 5.41) is 12.7. The van der Waals surface area contributed by atoms with Crippen molar-refractivity contribution in [1.82, 2.24) is 40.0 Å². The van der Waals surface area contributed by atoms with Crippen LogP contribution in [0.25, 0.3) is 5.82 Å². The number of aryl methyl sites for hydroxylation is 1. The lowest BCUT2D eigenvalue weighted by molar-refractivity contribution is 0.0956. The minimum absolute atomic E-state index is 0.00547. The van der Waals surface area contributed by atoms with E-state index in [4.69, 9.17) is 0 Å². The Morgan fingerprint density at radius 2 is 1.73 bits per heavy atom. The number of piperazine rings is 1. The number of nitrogens with one attached hydrogen (secondary N) is 3. The van der Waals surface area contributed by atoms with Crippen LogP contribution in [0.3, 0.4) is 0 Å². The maximum atomic E-state index is 13.4. The largest absolute Gasteiger partial charge is 0.354 e. The summed E-state index contributed by atoms with van der Waals surface area (Å²) >= 11 is 0. The molecule has 1 amide bonds. The number of amides is 1. The molecule has 4 heterocycles. The molecule has 12 nitrogen and oxygen atoms in total. The number of Topliss-reactive ketones (excluding diaryl/α,β-unsaturated/α-hetero) is 1. The van der Waals surface area contributed by atoms with Crippen molar-refractivity contribution in [2.45, 2.75) is 39.5 Å². The number of nitrogens with zero attached hydrogens (tertiary/aromatic N) is 7. The first kappa shape index (κ1) is 30.8. The SMILES string of the molecule is CNC(=O)c1cc(Nc2cc(C(=O)Cc3ccnc(C(C)(C)C)c3)ccc2C)n(-c2cc(NN3CCN(C)CC3)ncn2)n1. The first-order chi connectivity index (χ1) is 21.0. The second-order valence-electron chi connectivity index (χ2n) is 12.1. The van der Waals surface area contributed by atoms with Gasteiger partial charge in [0.1, 0.15) is 18.0 Å². The minimum Gasteiger partial charge on any atom is -0.354 e. The van der Waals surface area contributed by atoms with E-state index < -0.39 is 0 Å². The molecule has 3 N–H and O–H groups in total. The third-order valence-electron chi connectivity index (χ3n) is 7.59. The second kappa shape index (κ2) is 12.9. The fourth-order valence-corrected chi connectivity index (χ4v) is 4.84. The summed E-state index contributed by atoms with van der Waals surface area (Å²) < 4.78 is 1.57. The number of rotatable bonds is 9. The van der Waals surface area contributed by atoms with Crippen molar-refractivity contribution in [1.29, 1.82) is 0 Å². The molecular formula is C32H40N10O2. The summed E-state index contributed by atoms with van der Waals surface area (Å²) in [6.07, 6.45) is 3.49. The normalized spacial score (nSPS) is 14.3. The Balaban J connectivity index is 1.41. The van der Waals surface area contributed by atoms with Crippen molar-refractivity contribution >= 4 is 29.0 Å². The van der Waals surface area contributed by atoms with Crippen LogP contribution < -0.4 is 16.1 Å². The van der Waals surface area contributed by atoms with Crippen LogP contribution in [0.15, 0.2) is 55.0 Å². The number of anilines is 3. The third kappa shape index (κ3) is 7.26. The van der Waals surface area contributed by atoms with Crippen LogP contribution in [0.4, 0.5) is 17.3 Å². The predicted molar refractivity (Wildman–Crippen MR) is 171 cm³/mol. The van der Waals surface area contributed by atoms with Crippen molar-refractivity contribution < 1.29 is 9.59 Å². The molecule has 0 bridgehead atoms. The number of hydrogen-bond donors (Lipinski definition) is 3. The van der Waals surface area contributed by atoms with Gasteiger partial charge in [-0.15, -0.1) is 0 Å². The molecule has 0 atom stereocenters. The van der Waals surface area contributed by atoms with Gasteiger partial charge in [-0.2, -0.15) is 9.78 Å². The molecule has 1 aliphatic rings. The van der Waals surface area contributed by atoms with Gasteiger partial charge in [0.25, 0.3) is 5.91 Å². The smallest absolute Gasteiger partial charge is 0.271 e. The molecule has 1 aliphatic heterocycles. The number of carbonyl (C=O) groups excluding carboxylic acids is 2. The fraction of sp³-hybridized carbons (Fsp3) is 0.375. The molecule has 44 heavy (non-hydrogen) atoms. The minimum atomic E-state index is -0.329. The fourth-order valence-electron chi connectivity index (χ4n) is 4.84. The lowest BCUT2D eigenvalue weighted by Gasteiger charge is -2.32. The Hall–Kier alpha value is -4.68. The molecule has 4 aromatic rings. The van der Waals surface area contributed by atoms with Gasteiger partial charge in [-0.3, -0.25) is 14.6 Å². The average molecular weight is 597 g/mol. The number of ketones is 1. The molecule has 12 heteroatoms. The van der Waals surface area contributed by atoms with Gasteiger partial charge in [0.05, 0.1) is 0 Å². The number of carbonyl (C=O) groups is 2. The molecule has 3 aromatic heterocycles. The zero-order chi connectivity index (χ0) is 31.4. The number of hydrazine groups is 1. The average Bonchev–Trinajstić information content (AvgIpc) is 3.42. The van der Waals surface area contributed by atoms with Gasteiger partial charge in [-0.05, 0) is 43.3 Å². The van der Waals surface area contributed by atoms with Gasteiger partial charge in [0.15, 0.2) is 17.3 Å². The lowest BCUT2D eigenvalue weighted by atomic mass is 9.90. The topological polar surface area (TPSA) is 133 Å². The zero-order valence-electron chi connectivity index (χ0n) is 26.2. The Labute approximate surface area is 257 Å². The monoisotopic (exact) mass is 596 g/mol. The molecule has 0 radical (unpaired) electrons.